The molecule has 3 aromatic rings. The van der Waals surface area contributed by atoms with Gasteiger partial charge in [-0.05, 0) is 18.2 Å². The van der Waals surface area contributed by atoms with Crippen molar-refractivity contribution in [1.82, 2.24) is 4.98 Å². The summed E-state index contributed by atoms with van der Waals surface area (Å²) in [5.41, 5.74) is 3.36. The first-order valence-electron chi connectivity index (χ1n) is 6.56. The fraction of sp³-hybridized carbons (Fsp3) is 0. The van der Waals surface area contributed by atoms with E-state index >= 15 is 0 Å². The molecule has 2 N–H and O–H groups in total. The quantitative estimate of drug-likeness (QED) is 0.649. The van der Waals surface area contributed by atoms with Gasteiger partial charge in [0.05, 0.1) is 16.6 Å². The number of aromatic nitrogens is 1. The van der Waals surface area contributed by atoms with E-state index in [4.69, 9.17) is 0 Å². The first kappa shape index (κ1) is 12.4. The van der Waals surface area contributed by atoms with Crippen LogP contribution in [0.5, 0.6) is 0 Å². The summed E-state index contributed by atoms with van der Waals surface area (Å²) in [5.74, 6) is -0.0976. The van der Waals surface area contributed by atoms with Gasteiger partial charge in [0, 0.05) is 26.2 Å². The maximum Gasteiger partial charge on any atom is 0.258 e. The van der Waals surface area contributed by atoms with Gasteiger partial charge in [0.25, 0.3) is 5.91 Å². The number of rotatable bonds is 0. The lowest BCUT2D eigenvalue weighted by molar-refractivity contribution is -0.110. The van der Waals surface area contributed by atoms with Crippen LogP contribution in [0.4, 0.5) is 5.69 Å². The molecule has 3 nitrogen and oxygen atoms in total. The molecule has 1 aliphatic rings. The van der Waals surface area contributed by atoms with E-state index in [1.807, 2.05) is 42.5 Å². The number of benzene rings is 2. The number of H-pyrrole nitrogens is 1. The minimum absolute atomic E-state index is 0.0976. The molecule has 1 amide bonds. The Morgan fingerprint density at radius 1 is 1.10 bits per heavy atom. The number of halogens is 1. The molecule has 1 aliphatic heterocycles. The van der Waals surface area contributed by atoms with Crippen LogP contribution in [0.2, 0.25) is 0 Å². The highest BCUT2D eigenvalue weighted by Crippen LogP contribution is 2.32. The van der Waals surface area contributed by atoms with Gasteiger partial charge in [-0.1, -0.05) is 46.8 Å². The number of para-hydroxylation sites is 1. The number of carbonyl (C=O) groups is 1. The standard InChI is InChI=1S/C17H11BrN2O/c1-9-11-4-2-3-5-13(11)19-16(9)15-12-7-6-10(18)8-14(12)20-17(15)21/h2-8,19H,1H2,(H,20,21)/b16-15-. The summed E-state index contributed by atoms with van der Waals surface area (Å²) in [6.07, 6.45) is 0. The van der Waals surface area contributed by atoms with Gasteiger partial charge >= 0.3 is 0 Å². The Balaban J connectivity index is 2.15. The van der Waals surface area contributed by atoms with Gasteiger partial charge in [-0.3, -0.25) is 4.79 Å². The van der Waals surface area contributed by atoms with Gasteiger partial charge in [0.15, 0.2) is 0 Å². The molecule has 0 unspecified atom stereocenters. The van der Waals surface area contributed by atoms with Crippen molar-refractivity contribution in [1.29, 1.82) is 0 Å². The Hall–Kier alpha value is -2.33. The van der Waals surface area contributed by atoms with Crippen molar-refractivity contribution in [2.75, 3.05) is 5.32 Å². The van der Waals surface area contributed by atoms with Crippen LogP contribution < -0.4 is 15.9 Å². The van der Waals surface area contributed by atoms with Gasteiger partial charge < -0.3 is 10.3 Å². The van der Waals surface area contributed by atoms with Gasteiger partial charge in [-0.15, -0.1) is 0 Å². The van der Waals surface area contributed by atoms with E-state index in [0.29, 0.717) is 5.57 Å². The van der Waals surface area contributed by atoms with E-state index in [1.165, 1.54) is 0 Å². The number of fused-ring (bicyclic) bond motifs is 2. The molecule has 0 spiro atoms. The smallest absolute Gasteiger partial charge is 0.258 e. The molecule has 102 valence electrons. The molecule has 4 heteroatoms. The second-order valence-corrected chi connectivity index (χ2v) is 5.96. The van der Waals surface area contributed by atoms with E-state index in [9.17, 15) is 4.79 Å². The van der Waals surface area contributed by atoms with Crippen LogP contribution in [-0.2, 0) is 4.79 Å². The van der Waals surface area contributed by atoms with Crippen molar-refractivity contribution >= 4 is 50.6 Å². The Bertz CT molecular complexity index is 1020. The molecule has 1 aromatic heterocycles. The first-order valence-corrected chi connectivity index (χ1v) is 7.36. The van der Waals surface area contributed by atoms with Crippen LogP contribution >= 0.6 is 15.9 Å². The number of aromatic amines is 1. The molecule has 2 aromatic carbocycles. The molecule has 0 saturated carbocycles. The van der Waals surface area contributed by atoms with Crippen LogP contribution in [0.15, 0.2) is 46.9 Å². The lowest BCUT2D eigenvalue weighted by Crippen LogP contribution is -2.27. The van der Waals surface area contributed by atoms with Crippen LogP contribution in [0.3, 0.4) is 0 Å². The number of hydrogen-bond acceptors (Lipinski definition) is 1. The average Bonchev–Trinajstić information content (AvgIpc) is 2.95. The largest absolute Gasteiger partial charge is 0.354 e. The molecule has 0 saturated heterocycles. The zero-order valence-electron chi connectivity index (χ0n) is 11.0. The predicted molar refractivity (Wildman–Crippen MR) is 88.4 cm³/mol. The van der Waals surface area contributed by atoms with Crippen LogP contribution in [0.25, 0.3) is 23.1 Å². The molecule has 21 heavy (non-hydrogen) atoms. The van der Waals surface area contributed by atoms with Crippen LogP contribution in [0.1, 0.15) is 5.56 Å². The van der Waals surface area contributed by atoms with Gasteiger partial charge in [-0.2, -0.15) is 0 Å². The summed E-state index contributed by atoms with van der Waals surface area (Å²) >= 11 is 3.42. The molecule has 0 atom stereocenters. The van der Waals surface area contributed by atoms with Crippen LogP contribution in [-0.4, -0.2) is 10.9 Å². The zero-order valence-corrected chi connectivity index (χ0v) is 12.6. The number of carbonyl (C=O) groups excluding carboxylic acids is 1. The highest BCUT2D eigenvalue weighted by atomic mass is 79.9. The monoisotopic (exact) mass is 338 g/mol. The summed E-state index contributed by atoms with van der Waals surface area (Å²) in [6.45, 7) is 4.14. The Morgan fingerprint density at radius 2 is 1.90 bits per heavy atom. The van der Waals surface area contributed by atoms with E-state index in [1.54, 1.807) is 0 Å². The highest BCUT2D eigenvalue weighted by molar-refractivity contribution is 9.10. The molecule has 2 heterocycles. The molecule has 0 fully saturated rings. The summed E-state index contributed by atoms with van der Waals surface area (Å²) in [7, 11) is 0. The van der Waals surface area contributed by atoms with Crippen molar-refractivity contribution in [3.63, 3.8) is 0 Å². The Morgan fingerprint density at radius 3 is 2.71 bits per heavy atom. The van der Waals surface area contributed by atoms with Crippen molar-refractivity contribution in [2.24, 2.45) is 0 Å². The lowest BCUT2D eigenvalue weighted by atomic mass is 10.1. The molecular weight excluding hydrogens is 328 g/mol. The number of nitrogens with one attached hydrogen (secondary N) is 2. The van der Waals surface area contributed by atoms with E-state index < -0.39 is 0 Å². The van der Waals surface area contributed by atoms with E-state index in [2.05, 4.69) is 32.8 Å². The summed E-state index contributed by atoms with van der Waals surface area (Å²) in [5, 5.41) is 5.58. The summed E-state index contributed by atoms with van der Waals surface area (Å²) < 4.78 is 0.939. The fourth-order valence-corrected chi connectivity index (χ4v) is 3.17. The minimum Gasteiger partial charge on any atom is -0.354 e. The third kappa shape index (κ3) is 1.76. The van der Waals surface area contributed by atoms with Crippen molar-refractivity contribution in [2.45, 2.75) is 0 Å². The van der Waals surface area contributed by atoms with Gasteiger partial charge in [-0.25, -0.2) is 0 Å². The second kappa shape index (κ2) is 4.33. The minimum atomic E-state index is -0.0976. The van der Waals surface area contributed by atoms with Crippen LogP contribution in [0, 0.1) is 0 Å². The van der Waals surface area contributed by atoms with Gasteiger partial charge in [0.2, 0.25) is 0 Å². The van der Waals surface area contributed by atoms with Crippen molar-refractivity contribution in [3.05, 3.63) is 63.1 Å². The lowest BCUT2D eigenvalue weighted by Gasteiger charge is -1.97. The van der Waals surface area contributed by atoms with Crippen molar-refractivity contribution < 1.29 is 4.79 Å². The molecule has 0 aliphatic carbocycles. The van der Waals surface area contributed by atoms with Crippen molar-refractivity contribution in [3.8, 4) is 0 Å². The summed E-state index contributed by atoms with van der Waals surface area (Å²) in [4.78, 5) is 15.7. The normalized spacial score (nSPS) is 16.1. The Kier molecular flexibility index (Phi) is 2.56. The number of amides is 1. The topological polar surface area (TPSA) is 44.9 Å². The first-order chi connectivity index (χ1) is 10.1. The van der Waals surface area contributed by atoms with E-state index in [0.717, 1.165) is 37.2 Å². The van der Waals surface area contributed by atoms with E-state index in [-0.39, 0.29) is 5.91 Å². The molecule has 0 radical (unpaired) electrons. The zero-order chi connectivity index (χ0) is 14.6. The Labute approximate surface area is 129 Å². The highest BCUT2D eigenvalue weighted by Gasteiger charge is 2.25. The molecule has 0 bridgehead atoms. The SMILES string of the molecule is C=c1/c(=C2/C(=O)Nc3cc(Br)ccc32)[nH]c2ccccc12. The third-order valence-electron chi connectivity index (χ3n) is 3.79. The number of hydrogen-bond donors (Lipinski definition) is 2. The predicted octanol–water partition coefficient (Wildman–Crippen LogP) is 2.49. The average molecular weight is 339 g/mol. The second-order valence-electron chi connectivity index (χ2n) is 5.04. The molecule has 4 rings (SSSR count). The maximum absolute atomic E-state index is 12.4. The fourth-order valence-electron chi connectivity index (χ4n) is 2.81. The molecular formula is C17H11BrN2O. The van der Waals surface area contributed by atoms with Gasteiger partial charge in [0.1, 0.15) is 0 Å². The summed E-state index contributed by atoms with van der Waals surface area (Å²) in [6, 6.07) is 13.7. The maximum atomic E-state index is 12.4. The third-order valence-corrected chi connectivity index (χ3v) is 4.28. The number of anilines is 1.